The number of rotatable bonds is 2. The second-order valence-corrected chi connectivity index (χ2v) is 7.16. The first-order chi connectivity index (χ1) is 10.7. The molecule has 0 unspecified atom stereocenters. The van der Waals surface area contributed by atoms with Crippen molar-refractivity contribution in [2.24, 2.45) is 0 Å². The van der Waals surface area contributed by atoms with Crippen LogP contribution in [-0.2, 0) is 0 Å². The van der Waals surface area contributed by atoms with Gasteiger partial charge in [0.25, 0.3) is 0 Å². The second kappa shape index (κ2) is 5.08. The van der Waals surface area contributed by atoms with Gasteiger partial charge in [-0.2, -0.15) is 0 Å². The van der Waals surface area contributed by atoms with E-state index in [-0.39, 0.29) is 0 Å². The summed E-state index contributed by atoms with van der Waals surface area (Å²) in [5.41, 5.74) is 16.0. The Labute approximate surface area is 135 Å². The zero-order valence-corrected chi connectivity index (χ0v) is 13.1. The van der Waals surface area contributed by atoms with Gasteiger partial charge in [0.2, 0.25) is 0 Å². The molecule has 0 saturated carbocycles. The Morgan fingerprint density at radius 3 is 1.64 bits per heavy atom. The van der Waals surface area contributed by atoms with Crippen LogP contribution >= 0.6 is 22.7 Å². The summed E-state index contributed by atoms with van der Waals surface area (Å²) in [6.07, 6.45) is 0. The Hall–Kier alpha value is -2.44. The molecular weight excluding hydrogens is 312 g/mol. The van der Waals surface area contributed by atoms with E-state index in [1.807, 2.05) is 48.5 Å². The number of nitrogen functional groups attached to an aromatic ring is 2. The fourth-order valence-corrected chi connectivity index (χ4v) is 4.34. The van der Waals surface area contributed by atoms with E-state index in [4.69, 9.17) is 11.5 Å². The summed E-state index contributed by atoms with van der Waals surface area (Å²) in [6.45, 7) is 0. The predicted octanol–water partition coefficient (Wildman–Crippen LogP) is 4.25. The van der Waals surface area contributed by atoms with E-state index in [2.05, 4.69) is 9.97 Å². The molecule has 2 aromatic heterocycles. The Balaban J connectivity index is 1.77. The van der Waals surface area contributed by atoms with Gasteiger partial charge >= 0.3 is 0 Å². The summed E-state index contributed by atoms with van der Waals surface area (Å²) < 4.78 is 1.11. The molecule has 0 aliphatic carbocycles. The van der Waals surface area contributed by atoms with Crippen molar-refractivity contribution in [1.29, 1.82) is 0 Å². The Morgan fingerprint density at radius 1 is 0.727 bits per heavy atom. The number of nitrogens with two attached hydrogens (primary N) is 2. The second-order valence-electron chi connectivity index (χ2n) is 4.90. The summed E-state index contributed by atoms with van der Waals surface area (Å²) >= 11 is 3.27. The van der Waals surface area contributed by atoms with Crippen LogP contribution in [0.3, 0.4) is 0 Å². The van der Waals surface area contributed by atoms with Gasteiger partial charge in [-0.25, -0.2) is 9.97 Å². The number of nitrogens with zero attached hydrogens (tertiary/aromatic N) is 2. The fourth-order valence-electron chi connectivity index (χ4n) is 2.23. The maximum atomic E-state index is 5.83. The summed E-state index contributed by atoms with van der Waals surface area (Å²) in [5.74, 6) is 0. The van der Waals surface area contributed by atoms with E-state index < -0.39 is 0 Å². The molecule has 4 N–H and O–H groups in total. The van der Waals surface area contributed by atoms with E-state index >= 15 is 0 Å². The quantitative estimate of drug-likeness (QED) is 0.540. The lowest BCUT2D eigenvalue weighted by Gasteiger charge is -1.98. The molecule has 0 spiro atoms. The molecule has 22 heavy (non-hydrogen) atoms. The van der Waals surface area contributed by atoms with E-state index in [0.717, 1.165) is 42.2 Å². The van der Waals surface area contributed by atoms with Gasteiger partial charge in [0.1, 0.15) is 14.0 Å². The van der Waals surface area contributed by atoms with Gasteiger partial charge in [-0.3, -0.25) is 0 Å². The summed E-state index contributed by atoms with van der Waals surface area (Å²) in [5, 5.41) is 1.89. The maximum absolute atomic E-state index is 5.83. The van der Waals surface area contributed by atoms with Crippen molar-refractivity contribution in [3.05, 3.63) is 48.5 Å². The molecule has 0 saturated heterocycles. The first-order valence-electron chi connectivity index (χ1n) is 6.68. The fraction of sp³-hybridized carbons (Fsp3) is 0. The van der Waals surface area contributed by atoms with Gasteiger partial charge in [-0.05, 0) is 24.3 Å². The van der Waals surface area contributed by atoms with Crippen molar-refractivity contribution in [2.45, 2.75) is 0 Å². The minimum Gasteiger partial charge on any atom is -0.399 e. The van der Waals surface area contributed by atoms with Crippen LogP contribution in [0.1, 0.15) is 0 Å². The van der Waals surface area contributed by atoms with Gasteiger partial charge in [-0.1, -0.05) is 24.3 Å². The smallest absolute Gasteiger partial charge is 0.182 e. The highest BCUT2D eigenvalue weighted by Gasteiger charge is 2.13. The molecule has 4 rings (SSSR count). The molecule has 0 atom stereocenters. The molecule has 108 valence electrons. The van der Waals surface area contributed by atoms with Crippen LogP contribution in [-0.4, -0.2) is 9.97 Å². The molecule has 0 bridgehead atoms. The molecule has 0 fully saturated rings. The Kier molecular flexibility index (Phi) is 3.06. The number of anilines is 2. The largest absolute Gasteiger partial charge is 0.399 e. The Bertz CT molecular complexity index is 865. The van der Waals surface area contributed by atoms with Crippen LogP contribution < -0.4 is 11.5 Å². The predicted molar refractivity (Wildman–Crippen MR) is 95.0 cm³/mol. The van der Waals surface area contributed by atoms with Crippen molar-refractivity contribution in [1.82, 2.24) is 9.97 Å². The average molecular weight is 324 g/mol. The third kappa shape index (κ3) is 2.32. The SMILES string of the molecule is Nc1cccc(-c2nc3nc(-c4cccc(N)c4)sc3s2)c1. The van der Waals surface area contributed by atoms with E-state index in [0.29, 0.717) is 0 Å². The highest BCUT2D eigenvalue weighted by molar-refractivity contribution is 7.40. The molecular formula is C16H12N4S2. The van der Waals surface area contributed by atoms with Crippen LogP contribution in [0.5, 0.6) is 0 Å². The van der Waals surface area contributed by atoms with Gasteiger partial charge in [0.15, 0.2) is 5.65 Å². The van der Waals surface area contributed by atoms with Crippen LogP contribution in [0.25, 0.3) is 30.8 Å². The van der Waals surface area contributed by atoms with Crippen molar-refractivity contribution in [3.8, 4) is 21.1 Å². The minimum atomic E-state index is 0.740. The number of thiazole rings is 2. The van der Waals surface area contributed by atoms with Crippen molar-refractivity contribution < 1.29 is 0 Å². The van der Waals surface area contributed by atoms with Crippen molar-refractivity contribution in [3.63, 3.8) is 0 Å². The first kappa shape index (κ1) is 13.2. The zero-order valence-electron chi connectivity index (χ0n) is 11.5. The van der Waals surface area contributed by atoms with E-state index in [1.54, 1.807) is 22.7 Å². The number of benzene rings is 2. The maximum Gasteiger partial charge on any atom is 0.182 e. The third-order valence-electron chi connectivity index (χ3n) is 3.24. The molecule has 0 radical (unpaired) electrons. The zero-order chi connectivity index (χ0) is 15.1. The molecule has 4 nitrogen and oxygen atoms in total. The van der Waals surface area contributed by atoms with Gasteiger partial charge in [-0.15, -0.1) is 22.7 Å². The van der Waals surface area contributed by atoms with Crippen molar-refractivity contribution in [2.75, 3.05) is 11.5 Å². The standard InChI is InChI=1S/C16H12N4S2/c17-11-5-1-3-9(7-11)14-19-13-16(21-14)22-15(20-13)10-4-2-6-12(18)8-10/h1-8H,17-18H2. The lowest BCUT2D eigenvalue weighted by molar-refractivity contribution is 1.36. The summed E-state index contributed by atoms with van der Waals surface area (Å²) in [4.78, 5) is 9.25. The lowest BCUT2D eigenvalue weighted by atomic mass is 10.2. The van der Waals surface area contributed by atoms with Gasteiger partial charge in [0, 0.05) is 22.5 Å². The highest BCUT2D eigenvalue weighted by Crippen LogP contribution is 2.37. The summed E-state index contributed by atoms with van der Waals surface area (Å²) in [6, 6.07) is 15.5. The molecule has 6 heteroatoms. The number of hydrogen-bond acceptors (Lipinski definition) is 6. The van der Waals surface area contributed by atoms with E-state index in [9.17, 15) is 0 Å². The third-order valence-corrected chi connectivity index (χ3v) is 5.52. The average Bonchev–Trinajstić information content (AvgIpc) is 3.05. The topological polar surface area (TPSA) is 77.8 Å². The Morgan fingerprint density at radius 2 is 1.23 bits per heavy atom. The van der Waals surface area contributed by atoms with Gasteiger partial charge in [0.05, 0.1) is 0 Å². The minimum absolute atomic E-state index is 0.740. The van der Waals surface area contributed by atoms with Crippen LogP contribution in [0.15, 0.2) is 48.5 Å². The van der Waals surface area contributed by atoms with E-state index in [1.165, 1.54) is 0 Å². The number of aromatic nitrogens is 2. The van der Waals surface area contributed by atoms with Gasteiger partial charge < -0.3 is 11.5 Å². The first-order valence-corrected chi connectivity index (χ1v) is 8.31. The molecule has 0 amide bonds. The molecule has 0 aliphatic heterocycles. The van der Waals surface area contributed by atoms with Crippen molar-refractivity contribution >= 4 is 43.7 Å². The normalized spacial score (nSPS) is 11.1. The summed E-state index contributed by atoms with van der Waals surface area (Å²) in [7, 11) is 0. The van der Waals surface area contributed by atoms with Crippen LogP contribution in [0, 0.1) is 0 Å². The molecule has 4 aromatic rings. The highest BCUT2D eigenvalue weighted by atomic mass is 32.2. The monoisotopic (exact) mass is 324 g/mol. The molecule has 2 heterocycles. The van der Waals surface area contributed by atoms with Crippen LogP contribution in [0.4, 0.5) is 11.4 Å². The molecule has 2 aromatic carbocycles. The number of hydrogen-bond donors (Lipinski definition) is 2. The van der Waals surface area contributed by atoms with Crippen LogP contribution in [0.2, 0.25) is 0 Å². The number of fused-ring (bicyclic) bond motifs is 1. The lowest BCUT2D eigenvalue weighted by Crippen LogP contribution is -1.85. The molecule has 0 aliphatic rings.